The van der Waals surface area contributed by atoms with Crippen LogP contribution < -0.4 is 5.32 Å². The number of hydrogen-bond donors (Lipinski definition) is 2. The predicted octanol–water partition coefficient (Wildman–Crippen LogP) is 3.42. The minimum absolute atomic E-state index is 0.0651. The van der Waals surface area contributed by atoms with Crippen molar-refractivity contribution in [3.05, 3.63) is 34.2 Å². The van der Waals surface area contributed by atoms with Crippen molar-refractivity contribution in [2.75, 3.05) is 6.54 Å². The van der Waals surface area contributed by atoms with Crippen molar-refractivity contribution in [1.82, 2.24) is 5.32 Å². The van der Waals surface area contributed by atoms with Crippen molar-refractivity contribution in [3.8, 4) is 0 Å². The van der Waals surface area contributed by atoms with Gasteiger partial charge in [-0.1, -0.05) is 29.8 Å². The quantitative estimate of drug-likeness (QED) is 0.900. The Hall–Kier alpha value is -0.610. The number of nitrogens with one attached hydrogen (secondary N) is 1. The van der Waals surface area contributed by atoms with Gasteiger partial charge in [0, 0.05) is 21.5 Å². The summed E-state index contributed by atoms with van der Waals surface area (Å²) in [6, 6.07) is 8.24. The van der Waals surface area contributed by atoms with E-state index in [1.165, 1.54) is 9.58 Å². The van der Waals surface area contributed by atoms with Gasteiger partial charge in [-0.3, -0.25) is 0 Å². The van der Waals surface area contributed by atoms with Crippen molar-refractivity contribution < 1.29 is 5.11 Å². The Balaban J connectivity index is 1.62. The molecule has 96 valence electrons. The molecule has 1 saturated carbocycles. The van der Waals surface area contributed by atoms with Crippen molar-refractivity contribution in [2.45, 2.75) is 25.5 Å². The average Bonchev–Trinajstić information content (AvgIpc) is 2.65. The summed E-state index contributed by atoms with van der Waals surface area (Å²) in [7, 11) is 0. The number of thiophene rings is 1. The molecule has 0 atom stereocenters. The standard InChI is InChI=1S/C14H16ClNOS/c15-14-11-3-1-2-4-12(11)18-13(14)8-16-7-9-5-10(17)6-9/h1-4,9-10,16-17H,5-8H2. The maximum atomic E-state index is 9.23. The summed E-state index contributed by atoms with van der Waals surface area (Å²) in [6.07, 6.45) is 1.81. The lowest BCUT2D eigenvalue weighted by Gasteiger charge is -2.31. The van der Waals surface area contributed by atoms with Crippen molar-refractivity contribution in [1.29, 1.82) is 0 Å². The van der Waals surface area contributed by atoms with E-state index in [2.05, 4.69) is 17.4 Å². The van der Waals surface area contributed by atoms with Crippen LogP contribution in [0, 0.1) is 5.92 Å². The number of hydrogen-bond acceptors (Lipinski definition) is 3. The third-order valence-corrected chi connectivity index (χ3v) is 5.25. The van der Waals surface area contributed by atoms with Crippen LogP contribution >= 0.6 is 22.9 Å². The van der Waals surface area contributed by atoms with E-state index in [9.17, 15) is 5.11 Å². The lowest BCUT2D eigenvalue weighted by molar-refractivity contribution is 0.0430. The zero-order valence-electron chi connectivity index (χ0n) is 10.0. The largest absolute Gasteiger partial charge is 0.393 e. The molecule has 1 fully saturated rings. The Morgan fingerprint density at radius 3 is 2.83 bits per heavy atom. The summed E-state index contributed by atoms with van der Waals surface area (Å²) >= 11 is 8.13. The number of fused-ring (bicyclic) bond motifs is 1. The maximum absolute atomic E-state index is 9.23. The molecule has 0 amide bonds. The van der Waals surface area contributed by atoms with Crippen LogP contribution in [0.1, 0.15) is 17.7 Å². The topological polar surface area (TPSA) is 32.3 Å². The van der Waals surface area contributed by atoms with Gasteiger partial charge >= 0.3 is 0 Å². The molecule has 1 aliphatic rings. The van der Waals surface area contributed by atoms with Gasteiger partial charge in [0.15, 0.2) is 0 Å². The van der Waals surface area contributed by atoms with Crippen LogP contribution in [-0.2, 0) is 6.54 Å². The van der Waals surface area contributed by atoms with Gasteiger partial charge in [-0.05, 0) is 31.4 Å². The molecular weight excluding hydrogens is 266 g/mol. The summed E-state index contributed by atoms with van der Waals surface area (Å²) in [5.41, 5.74) is 0. The Morgan fingerprint density at radius 1 is 1.33 bits per heavy atom. The molecule has 2 nitrogen and oxygen atoms in total. The first-order valence-corrected chi connectivity index (χ1v) is 7.48. The summed E-state index contributed by atoms with van der Waals surface area (Å²) in [6.45, 7) is 1.80. The third kappa shape index (κ3) is 2.41. The molecule has 0 aliphatic heterocycles. The van der Waals surface area contributed by atoms with Gasteiger partial charge in [-0.25, -0.2) is 0 Å². The molecule has 2 aromatic rings. The fraction of sp³-hybridized carbons (Fsp3) is 0.429. The number of aliphatic hydroxyl groups excluding tert-OH is 1. The third-order valence-electron chi connectivity index (χ3n) is 3.53. The first-order chi connectivity index (χ1) is 8.74. The van der Waals surface area contributed by atoms with Crippen LogP contribution in [0.4, 0.5) is 0 Å². The summed E-state index contributed by atoms with van der Waals surface area (Å²) < 4.78 is 1.25. The Labute approximate surface area is 116 Å². The smallest absolute Gasteiger partial charge is 0.0636 e. The van der Waals surface area contributed by atoms with Crippen LogP contribution in [0.25, 0.3) is 10.1 Å². The van der Waals surface area contributed by atoms with E-state index in [4.69, 9.17) is 11.6 Å². The van der Waals surface area contributed by atoms with Crippen LogP contribution in [0.3, 0.4) is 0 Å². The van der Waals surface area contributed by atoms with Gasteiger partial charge in [0.2, 0.25) is 0 Å². The number of aliphatic hydroxyl groups is 1. The van der Waals surface area contributed by atoms with E-state index in [0.29, 0.717) is 5.92 Å². The average molecular weight is 282 g/mol. The minimum Gasteiger partial charge on any atom is -0.393 e. The number of halogens is 1. The summed E-state index contributed by atoms with van der Waals surface area (Å²) in [4.78, 5) is 1.21. The molecule has 0 radical (unpaired) electrons. The van der Waals surface area contributed by atoms with Gasteiger partial charge in [0.1, 0.15) is 0 Å². The van der Waals surface area contributed by atoms with Crippen LogP contribution in [0.5, 0.6) is 0 Å². The van der Waals surface area contributed by atoms with E-state index in [1.54, 1.807) is 11.3 Å². The lowest BCUT2D eigenvalue weighted by atomic mass is 9.82. The van der Waals surface area contributed by atoms with E-state index in [0.717, 1.165) is 36.3 Å². The zero-order valence-corrected chi connectivity index (χ0v) is 11.6. The monoisotopic (exact) mass is 281 g/mol. The highest BCUT2D eigenvalue weighted by molar-refractivity contribution is 7.19. The van der Waals surface area contributed by atoms with Crippen LogP contribution in [0.15, 0.2) is 24.3 Å². The van der Waals surface area contributed by atoms with Gasteiger partial charge < -0.3 is 10.4 Å². The van der Waals surface area contributed by atoms with Crippen molar-refractivity contribution in [3.63, 3.8) is 0 Å². The van der Waals surface area contributed by atoms with Crippen LogP contribution in [-0.4, -0.2) is 17.8 Å². The van der Waals surface area contributed by atoms with Crippen molar-refractivity contribution in [2.24, 2.45) is 5.92 Å². The molecule has 1 aromatic heterocycles. The number of rotatable bonds is 4. The molecule has 3 rings (SSSR count). The van der Waals surface area contributed by atoms with E-state index >= 15 is 0 Å². The maximum Gasteiger partial charge on any atom is 0.0636 e. The highest BCUT2D eigenvalue weighted by Crippen LogP contribution is 2.35. The summed E-state index contributed by atoms with van der Waals surface area (Å²) in [5.74, 6) is 0.633. The fourth-order valence-corrected chi connectivity index (χ4v) is 3.90. The van der Waals surface area contributed by atoms with Gasteiger partial charge in [0.05, 0.1) is 11.1 Å². The van der Waals surface area contributed by atoms with E-state index in [-0.39, 0.29) is 6.10 Å². The molecule has 4 heteroatoms. The molecule has 1 heterocycles. The zero-order chi connectivity index (χ0) is 12.5. The van der Waals surface area contributed by atoms with E-state index < -0.39 is 0 Å². The second kappa shape index (κ2) is 5.17. The molecule has 0 spiro atoms. The minimum atomic E-state index is -0.0651. The van der Waals surface area contributed by atoms with Gasteiger partial charge in [0.25, 0.3) is 0 Å². The normalized spacial score (nSPS) is 23.2. The second-order valence-corrected chi connectivity index (χ2v) is 6.47. The molecule has 0 saturated heterocycles. The fourth-order valence-electron chi connectivity index (χ4n) is 2.44. The molecule has 1 aliphatic carbocycles. The SMILES string of the molecule is OC1CC(CNCc2sc3ccccc3c2Cl)C1. The first-order valence-electron chi connectivity index (χ1n) is 6.28. The lowest BCUT2D eigenvalue weighted by Crippen LogP contribution is -2.35. The first kappa shape index (κ1) is 12.4. The molecule has 0 bridgehead atoms. The van der Waals surface area contributed by atoms with E-state index in [1.807, 2.05) is 12.1 Å². The van der Waals surface area contributed by atoms with Gasteiger partial charge in [-0.2, -0.15) is 0 Å². The highest BCUT2D eigenvalue weighted by Gasteiger charge is 2.26. The molecule has 18 heavy (non-hydrogen) atoms. The Morgan fingerprint density at radius 2 is 2.11 bits per heavy atom. The van der Waals surface area contributed by atoms with Crippen LogP contribution in [0.2, 0.25) is 5.02 Å². The summed E-state index contributed by atoms with van der Waals surface area (Å²) in [5, 5.41) is 14.7. The molecule has 2 N–H and O–H groups in total. The Kier molecular flexibility index (Phi) is 3.57. The Bertz CT molecular complexity index is 548. The van der Waals surface area contributed by atoms with Gasteiger partial charge in [-0.15, -0.1) is 11.3 Å². The second-order valence-electron chi connectivity index (χ2n) is 4.96. The molecule has 0 unspecified atom stereocenters. The van der Waals surface area contributed by atoms with Crippen molar-refractivity contribution >= 4 is 33.0 Å². The molecular formula is C14H16ClNOS. The number of benzene rings is 1. The molecule has 1 aromatic carbocycles. The predicted molar refractivity (Wildman–Crippen MR) is 77.3 cm³/mol. The highest BCUT2D eigenvalue weighted by atomic mass is 35.5.